The molecule has 18 heavy (non-hydrogen) atoms. The highest BCUT2D eigenvalue weighted by Crippen LogP contribution is 2.72. The van der Waals surface area contributed by atoms with Crippen molar-refractivity contribution in [1.29, 1.82) is 0 Å². The van der Waals surface area contributed by atoms with E-state index in [1.165, 1.54) is 0 Å². The first-order valence-corrected chi connectivity index (χ1v) is 10.4. The summed E-state index contributed by atoms with van der Waals surface area (Å²) in [5, 5.41) is 30.4. The third kappa shape index (κ3) is 3.62. The molecule has 108 valence electrons. The Bertz CT molecular complexity index is 263. The van der Waals surface area contributed by atoms with Crippen LogP contribution in [0.1, 0.15) is 27.7 Å². The fourth-order valence-corrected chi connectivity index (χ4v) is 11.8. The molecule has 0 aromatic carbocycles. The Morgan fingerprint density at radius 1 is 1.06 bits per heavy atom. The highest BCUT2D eigenvalue weighted by atomic mass is 31.2. The maximum atomic E-state index is 10.4. The summed E-state index contributed by atoms with van der Waals surface area (Å²) in [6, 6.07) is 0. The fourth-order valence-electron chi connectivity index (χ4n) is 3.01. The molecular weight excluding hydrogens is 270 g/mol. The lowest BCUT2D eigenvalue weighted by molar-refractivity contribution is 0.106. The van der Waals surface area contributed by atoms with Crippen molar-refractivity contribution in [3.63, 3.8) is 0 Å². The van der Waals surface area contributed by atoms with E-state index in [0.717, 1.165) is 12.3 Å². The van der Waals surface area contributed by atoms with Crippen LogP contribution in [0.3, 0.4) is 0 Å². The van der Waals surface area contributed by atoms with Crippen LogP contribution in [0.5, 0.6) is 0 Å². The maximum absolute atomic E-state index is 10.4. The molecule has 1 fully saturated rings. The van der Waals surface area contributed by atoms with Crippen LogP contribution < -0.4 is 0 Å². The molecule has 0 aliphatic carbocycles. The third-order valence-electron chi connectivity index (χ3n) is 3.39. The van der Waals surface area contributed by atoms with Crippen molar-refractivity contribution in [2.45, 2.75) is 45.2 Å². The van der Waals surface area contributed by atoms with Crippen LogP contribution in [0.2, 0.25) is 0 Å². The Labute approximate surface area is 112 Å². The van der Waals surface area contributed by atoms with Gasteiger partial charge in [0.2, 0.25) is 0 Å². The van der Waals surface area contributed by atoms with Crippen molar-refractivity contribution in [3.8, 4) is 0 Å². The number of hydrogen-bond acceptors (Lipinski definition) is 4. The van der Waals surface area contributed by atoms with Gasteiger partial charge in [-0.05, 0) is 11.8 Å². The average Bonchev–Trinajstić information content (AvgIpc) is 2.22. The van der Waals surface area contributed by atoms with Gasteiger partial charge in [-0.15, -0.1) is 0 Å². The Balaban J connectivity index is 2.99. The van der Waals surface area contributed by atoms with Crippen molar-refractivity contribution < 1.29 is 20.2 Å². The van der Waals surface area contributed by atoms with Crippen LogP contribution in [0.25, 0.3) is 0 Å². The molecule has 4 nitrogen and oxygen atoms in total. The summed E-state index contributed by atoms with van der Waals surface area (Å²) in [4.78, 5) is 9.74. The molecule has 1 saturated heterocycles. The van der Waals surface area contributed by atoms with E-state index in [1.807, 2.05) is 0 Å². The van der Waals surface area contributed by atoms with E-state index in [4.69, 9.17) is 0 Å². The van der Waals surface area contributed by atoms with Crippen LogP contribution in [-0.2, 0) is 0 Å². The monoisotopic (exact) mass is 297 g/mol. The van der Waals surface area contributed by atoms with Gasteiger partial charge >= 0.3 is 0 Å². The molecule has 6 heteroatoms. The molecule has 1 aliphatic heterocycles. The summed E-state index contributed by atoms with van der Waals surface area (Å²) in [6.45, 7) is 8.40. The summed E-state index contributed by atoms with van der Waals surface area (Å²) >= 11 is 0. The van der Waals surface area contributed by atoms with E-state index < -0.39 is 32.9 Å². The number of rotatable bonds is 4. The quantitative estimate of drug-likeness (QED) is 0.595. The number of aliphatic hydroxyl groups excluding tert-OH is 3. The Morgan fingerprint density at radius 2 is 1.50 bits per heavy atom. The first-order valence-electron chi connectivity index (χ1n) is 6.57. The van der Waals surface area contributed by atoms with Crippen LogP contribution in [0, 0.1) is 11.8 Å². The molecule has 0 saturated carbocycles. The second kappa shape index (κ2) is 6.43. The van der Waals surface area contributed by atoms with Gasteiger partial charge in [-0.1, -0.05) is 27.7 Å². The molecule has 0 aromatic heterocycles. The predicted octanol–water partition coefficient (Wildman–Crippen LogP) is 1.67. The van der Waals surface area contributed by atoms with E-state index in [2.05, 4.69) is 27.7 Å². The zero-order chi connectivity index (χ0) is 14.1. The summed E-state index contributed by atoms with van der Waals surface area (Å²) < 4.78 is 0. The van der Waals surface area contributed by atoms with Crippen molar-refractivity contribution in [2.24, 2.45) is 11.8 Å². The second-order valence-electron chi connectivity index (χ2n) is 6.24. The van der Waals surface area contributed by atoms with Gasteiger partial charge in [0.05, 0.1) is 33.9 Å². The molecule has 0 amide bonds. The second-order valence-corrected chi connectivity index (χ2v) is 12.2. The first-order chi connectivity index (χ1) is 8.19. The predicted molar refractivity (Wildman–Crippen MR) is 78.4 cm³/mol. The minimum Gasteiger partial charge on any atom is -0.382 e. The van der Waals surface area contributed by atoms with Gasteiger partial charge in [0.1, 0.15) is 5.85 Å². The van der Waals surface area contributed by atoms with E-state index >= 15 is 0 Å². The van der Waals surface area contributed by atoms with Crippen molar-refractivity contribution in [3.05, 3.63) is 0 Å². The number of hydrogen-bond donors (Lipinski definition) is 4. The Morgan fingerprint density at radius 3 is 1.89 bits per heavy atom. The van der Waals surface area contributed by atoms with Gasteiger partial charge in [-0.2, -0.15) is 0 Å². The van der Waals surface area contributed by atoms with E-state index in [0.29, 0.717) is 18.0 Å². The van der Waals surface area contributed by atoms with Crippen molar-refractivity contribution in [1.82, 2.24) is 0 Å². The van der Waals surface area contributed by atoms with Crippen LogP contribution >= 0.6 is 15.4 Å². The van der Waals surface area contributed by atoms with E-state index in [9.17, 15) is 20.2 Å². The molecule has 0 bridgehead atoms. The molecule has 0 radical (unpaired) electrons. The minimum atomic E-state index is -1.87. The summed E-state index contributed by atoms with van der Waals surface area (Å²) in [5.41, 5.74) is 0. The lowest BCUT2D eigenvalue weighted by Crippen LogP contribution is -2.42. The maximum Gasteiger partial charge on any atom is 0.196 e. The molecule has 4 unspecified atom stereocenters. The first kappa shape index (κ1) is 16.8. The molecular formula is C12H27O4P2+. The molecule has 4 N–H and O–H groups in total. The van der Waals surface area contributed by atoms with Gasteiger partial charge in [0.25, 0.3) is 0 Å². The smallest absolute Gasteiger partial charge is 0.196 e. The third-order valence-corrected chi connectivity index (χ3v) is 10.9. The van der Waals surface area contributed by atoms with Crippen LogP contribution in [-0.4, -0.2) is 56.2 Å². The summed E-state index contributed by atoms with van der Waals surface area (Å²) in [6.07, 6.45) is 2.22. The Hall–Kier alpha value is 0.700. The van der Waals surface area contributed by atoms with Gasteiger partial charge in [-0.3, -0.25) is 0 Å². The van der Waals surface area contributed by atoms with Gasteiger partial charge in [-0.25, -0.2) is 0 Å². The molecule has 1 aliphatic rings. The summed E-state index contributed by atoms with van der Waals surface area (Å²) in [5.74, 6) is -1.97. The SMILES string of the molecule is CC(C)C[P+]1(CC(C)C)CC(O)P(O)C(O)C1O. The van der Waals surface area contributed by atoms with Gasteiger partial charge < -0.3 is 20.2 Å². The van der Waals surface area contributed by atoms with Crippen LogP contribution in [0.15, 0.2) is 0 Å². The van der Waals surface area contributed by atoms with Crippen LogP contribution in [0.4, 0.5) is 0 Å². The topological polar surface area (TPSA) is 80.9 Å². The molecule has 0 aromatic rings. The number of aliphatic hydroxyl groups is 3. The highest BCUT2D eigenvalue weighted by Gasteiger charge is 2.57. The van der Waals surface area contributed by atoms with Crippen molar-refractivity contribution >= 4 is 15.4 Å². The van der Waals surface area contributed by atoms with E-state index in [1.54, 1.807) is 0 Å². The molecule has 1 rings (SSSR count). The zero-order valence-corrected chi connectivity index (χ0v) is 13.5. The lowest BCUT2D eigenvalue weighted by Gasteiger charge is -2.43. The molecule has 1 heterocycles. The average molecular weight is 297 g/mol. The van der Waals surface area contributed by atoms with E-state index in [-0.39, 0.29) is 0 Å². The summed E-state index contributed by atoms with van der Waals surface area (Å²) in [7, 11) is -3.70. The molecule has 4 atom stereocenters. The van der Waals surface area contributed by atoms with Gasteiger partial charge in [0, 0.05) is 0 Å². The normalized spacial score (nSPS) is 36.3. The van der Waals surface area contributed by atoms with Gasteiger partial charge in [0.15, 0.2) is 11.7 Å². The highest BCUT2D eigenvalue weighted by molar-refractivity contribution is 7.78. The molecule has 0 spiro atoms. The Kier molecular flexibility index (Phi) is 5.99. The largest absolute Gasteiger partial charge is 0.382 e. The standard InChI is InChI=1S/C12H27O4P2/c1-8(2)5-18(6-9(3)4)7-10(13)17(16)11(14)12(18)15/h8-16H,5-7H2,1-4H3/q+1. The zero-order valence-electron chi connectivity index (χ0n) is 11.7. The fraction of sp³-hybridized carbons (Fsp3) is 1.00. The van der Waals surface area contributed by atoms with Crippen molar-refractivity contribution in [2.75, 3.05) is 18.5 Å². The lowest BCUT2D eigenvalue weighted by atomic mass is 10.3. The minimum absolute atomic E-state index is 0.425.